The Labute approximate surface area is 77.1 Å². The Balaban J connectivity index is 2.40. The maximum atomic E-state index is 2.50. The van der Waals surface area contributed by atoms with E-state index in [1.165, 1.54) is 38.8 Å². The first kappa shape index (κ1) is 10.0. The van der Waals surface area contributed by atoms with E-state index >= 15 is 0 Å². The molecule has 1 heterocycles. The van der Waals surface area contributed by atoms with Crippen molar-refractivity contribution in [1.82, 2.24) is 4.90 Å². The zero-order valence-corrected chi connectivity index (χ0v) is 8.84. The van der Waals surface area contributed by atoms with Crippen molar-refractivity contribution in [3.8, 4) is 0 Å². The van der Waals surface area contributed by atoms with Gasteiger partial charge in [0.25, 0.3) is 0 Å². The first-order valence-corrected chi connectivity index (χ1v) is 5.42. The van der Waals surface area contributed by atoms with Gasteiger partial charge in [-0.1, -0.05) is 26.7 Å². The molecule has 1 saturated heterocycles. The van der Waals surface area contributed by atoms with Gasteiger partial charge >= 0.3 is 0 Å². The first-order valence-electron chi connectivity index (χ1n) is 5.42. The second-order valence-corrected chi connectivity index (χ2v) is 4.40. The van der Waals surface area contributed by atoms with Crippen LogP contribution in [0.2, 0.25) is 0 Å². The molecule has 1 heteroatoms. The van der Waals surface area contributed by atoms with Gasteiger partial charge in [0, 0.05) is 6.54 Å². The molecule has 0 aromatic heterocycles. The maximum absolute atomic E-state index is 2.50. The lowest BCUT2D eigenvalue weighted by atomic mass is 9.88. The lowest BCUT2D eigenvalue weighted by molar-refractivity contribution is 0.241. The fourth-order valence-corrected chi connectivity index (χ4v) is 2.17. The van der Waals surface area contributed by atoms with E-state index < -0.39 is 0 Å². The SMILES string of the molecule is CC[C@@H](C)C1CCCCN(C)C1. The molecule has 72 valence electrons. The minimum atomic E-state index is 0.922. The summed E-state index contributed by atoms with van der Waals surface area (Å²) in [5, 5.41) is 0. The first-order chi connectivity index (χ1) is 5.74. The molecule has 0 bridgehead atoms. The van der Waals surface area contributed by atoms with Crippen molar-refractivity contribution >= 4 is 0 Å². The highest BCUT2D eigenvalue weighted by Gasteiger charge is 2.19. The zero-order valence-electron chi connectivity index (χ0n) is 8.84. The molecule has 1 nitrogen and oxygen atoms in total. The van der Waals surface area contributed by atoms with Crippen molar-refractivity contribution in [2.45, 2.75) is 39.5 Å². The second-order valence-electron chi connectivity index (χ2n) is 4.40. The van der Waals surface area contributed by atoms with Crippen LogP contribution in [-0.4, -0.2) is 25.0 Å². The summed E-state index contributed by atoms with van der Waals surface area (Å²) >= 11 is 0. The molecule has 1 rings (SSSR count). The van der Waals surface area contributed by atoms with E-state index in [4.69, 9.17) is 0 Å². The number of hydrogen-bond acceptors (Lipinski definition) is 1. The largest absolute Gasteiger partial charge is 0.306 e. The molecule has 12 heavy (non-hydrogen) atoms. The van der Waals surface area contributed by atoms with Crippen molar-refractivity contribution in [3.05, 3.63) is 0 Å². The van der Waals surface area contributed by atoms with Crippen molar-refractivity contribution in [3.63, 3.8) is 0 Å². The van der Waals surface area contributed by atoms with Gasteiger partial charge in [0.1, 0.15) is 0 Å². The van der Waals surface area contributed by atoms with Crippen LogP contribution in [0.1, 0.15) is 39.5 Å². The molecule has 1 aliphatic heterocycles. The Bertz CT molecular complexity index is 122. The third-order valence-corrected chi connectivity index (χ3v) is 3.36. The van der Waals surface area contributed by atoms with E-state index in [2.05, 4.69) is 25.8 Å². The third-order valence-electron chi connectivity index (χ3n) is 3.36. The quantitative estimate of drug-likeness (QED) is 0.614. The van der Waals surface area contributed by atoms with Gasteiger partial charge in [-0.25, -0.2) is 0 Å². The smallest absolute Gasteiger partial charge is 0.000915 e. The van der Waals surface area contributed by atoms with E-state index in [1.54, 1.807) is 0 Å². The molecule has 0 saturated carbocycles. The fraction of sp³-hybridized carbons (Fsp3) is 1.00. The molecule has 0 N–H and O–H groups in total. The molecule has 0 spiro atoms. The van der Waals surface area contributed by atoms with E-state index in [9.17, 15) is 0 Å². The van der Waals surface area contributed by atoms with Crippen LogP contribution in [-0.2, 0) is 0 Å². The summed E-state index contributed by atoms with van der Waals surface area (Å²) in [4.78, 5) is 2.50. The average molecular weight is 169 g/mol. The number of nitrogens with zero attached hydrogens (tertiary/aromatic N) is 1. The van der Waals surface area contributed by atoms with Crippen LogP contribution in [0.15, 0.2) is 0 Å². The van der Waals surface area contributed by atoms with Gasteiger partial charge in [0.15, 0.2) is 0 Å². The number of hydrogen-bond donors (Lipinski definition) is 0. The summed E-state index contributed by atoms with van der Waals surface area (Å²) in [6, 6.07) is 0. The number of likely N-dealkylation sites (tertiary alicyclic amines) is 1. The Morgan fingerprint density at radius 3 is 2.83 bits per heavy atom. The molecule has 1 aliphatic rings. The molecular weight excluding hydrogens is 146 g/mol. The van der Waals surface area contributed by atoms with Crippen LogP contribution in [0.25, 0.3) is 0 Å². The van der Waals surface area contributed by atoms with Gasteiger partial charge in [-0.2, -0.15) is 0 Å². The van der Waals surface area contributed by atoms with Crippen molar-refractivity contribution in [2.24, 2.45) is 11.8 Å². The zero-order chi connectivity index (χ0) is 8.97. The van der Waals surface area contributed by atoms with E-state index in [0.717, 1.165) is 11.8 Å². The third kappa shape index (κ3) is 2.78. The van der Waals surface area contributed by atoms with Crippen LogP contribution in [0, 0.1) is 11.8 Å². The van der Waals surface area contributed by atoms with Gasteiger partial charge in [0.2, 0.25) is 0 Å². The molecule has 2 atom stereocenters. The Morgan fingerprint density at radius 2 is 2.17 bits per heavy atom. The summed E-state index contributed by atoms with van der Waals surface area (Å²) in [5.74, 6) is 1.88. The van der Waals surface area contributed by atoms with Crippen LogP contribution >= 0.6 is 0 Å². The van der Waals surface area contributed by atoms with Crippen molar-refractivity contribution in [2.75, 3.05) is 20.1 Å². The van der Waals surface area contributed by atoms with Gasteiger partial charge < -0.3 is 4.90 Å². The normalized spacial score (nSPS) is 29.8. The lowest BCUT2D eigenvalue weighted by Gasteiger charge is -2.24. The summed E-state index contributed by atoms with van der Waals surface area (Å²) in [5.41, 5.74) is 0. The van der Waals surface area contributed by atoms with Gasteiger partial charge in [-0.15, -0.1) is 0 Å². The number of rotatable bonds is 2. The van der Waals surface area contributed by atoms with E-state index in [0.29, 0.717) is 0 Å². The van der Waals surface area contributed by atoms with Gasteiger partial charge in [0.05, 0.1) is 0 Å². The van der Waals surface area contributed by atoms with Gasteiger partial charge in [-0.3, -0.25) is 0 Å². The van der Waals surface area contributed by atoms with Crippen molar-refractivity contribution in [1.29, 1.82) is 0 Å². The molecular formula is C11H23N. The average Bonchev–Trinajstić information content (AvgIpc) is 2.28. The molecule has 0 aromatic rings. The fourth-order valence-electron chi connectivity index (χ4n) is 2.17. The molecule has 0 amide bonds. The highest BCUT2D eigenvalue weighted by molar-refractivity contribution is 4.72. The maximum Gasteiger partial charge on any atom is 0.000915 e. The summed E-state index contributed by atoms with van der Waals surface area (Å²) in [6.45, 7) is 7.36. The van der Waals surface area contributed by atoms with Crippen LogP contribution < -0.4 is 0 Å². The van der Waals surface area contributed by atoms with E-state index in [1.807, 2.05) is 0 Å². The Morgan fingerprint density at radius 1 is 1.42 bits per heavy atom. The Hall–Kier alpha value is -0.0400. The van der Waals surface area contributed by atoms with Gasteiger partial charge in [-0.05, 0) is 38.3 Å². The lowest BCUT2D eigenvalue weighted by Crippen LogP contribution is -2.27. The molecule has 0 aromatic carbocycles. The Kier molecular flexibility index (Phi) is 4.07. The summed E-state index contributed by atoms with van der Waals surface area (Å²) in [6.07, 6.45) is 5.65. The van der Waals surface area contributed by atoms with Crippen LogP contribution in [0.4, 0.5) is 0 Å². The minimum Gasteiger partial charge on any atom is -0.306 e. The second kappa shape index (κ2) is 4.86. The van der Waals surface area contributed by atoms with E-state index in [-0.39, 0.29) is 0 Å². The molecule has 1 fully saturated rings. The van der Waals surface area contributed by atoms with Crippen LogP contribution in [0.3, 0.4) is 0 Å². The predicted molar refractivity (Wildman–Crippen MR) is 54.3 cm³/mol. The summed E-state index contributed by atoms with van der Waals surface area (Å²) in [7, 11) is 2.26. The van der Waals surface area contributed by atoms with Crippen molar-refractivity contribution < 1.29 is 0 Å². The minimum absolute atomic E-state index is 0.922. The molecule has 0 radical (unpaired) electrons. The highest BCUT2D eigenvalue weighted by Crippen LogP contribution is 2.24. The highest BCUT2D eigenvalue weighted by atomic mass is 15.1. The molecule has 0 aliphatic carbocycles. The summed E-state index contributed by atoms with van der Waals surface area (Å²) < 4.78 is 0. The topological polar surface area (TPSA) is 3.24 Å². The van der Waals surface area contributed by atoms with Crippen LogP contribution in [0.5, 0.6) is 0 Å². The monoisotopic (exact) mass is 169 g/mol. The predicted octanol–water partition coefficient (Wildman–Crippen LogP) is 2.76. The standard InChI is InChI=1S/C11H23N/c1-4-10(2)11-7-5-6-8-12(3)9-11/h10-11H,4-9H2,1-3H3/t10-,11?/m1/s1. The molecule has 1 unspecified atom stereocenters.